The number of carbonyl (C=O) groups excluding carboxylic acids is 1. The Morgan fingerprint density at radius 3 is 2.77 bits per heavy atom. The van der Waals surface area contributed by atoms with E-state index in [2.05, 4.69) is 15.5 Å². The minimum atomic E-state index is -0.165. The van der Waals surface area contributed by atoms with Crippen molar-refractivity contribution in [1.29, 1.82) is 0 Å². The Bertz CT molecular complexity index is 970. The first kappa shape index (κ1) is 15.9. The molecule has 4 aromatic rings. The molecular weight excluding hydrogens is 332 g/mol. The summed E-state index contributed by atoms with van der Waals surface area (Å²) in [4.78, 5) is 16.3. The van der Waals surface area contributed by atoms with E-state index in [1.807, 2.05) is 22.9 Å². The smallest absolute Gasteiger partial charge is 0.251 e. The molecule has 3 aromatic heterocycles. The highest BCUT2D eigenvalue weighted by Crippen LogP contribution is 2.20. The summed E-state index contributed by atoms with van der Waals surface area (Å²) in [6, 6.07) is 12.8. The Kier molecular flexibility index (Phi) is 4.34. The second-order valence-electron chi connectivity index (χ2n) is 5.77. The molecule has 0 unspecified atom stereocenters. The molecule has 1 amide bonds. The van der Waals surface area contributed by atoms with Crippen molar-refractivity contribution in [3.8, 4) is 11.5 Å². The molecule has 3 heterocycles. The highest BCUT2D eigenvalue weighted by molar-refractivity contribution is 5.94. The van der Waals surface area contributed by atoms with Crippen molar-refractivity contribution in [3.63, 3.8) is 0 Å². The van der Waals surface area contributed by atoms with Crippen LogP contribution < -0.4 is 5.32 Å². The fourth-order valence-corrected chi connectivity index (χ4v) is 2.56. The van der Waals surface area contributed by atoms with Gasteiger partial charge in [-0.05, 0) is 29.8 Å². The average molecular weight is 348 g/mol. The lowest BCUT2D eigenvalue weighted by Crippen LogP contribution is -2.22. The van der Waals surface area contributed by atoms with Gasteiger partial charge in [0.05, 0.1) is 19.1 Å². The number of carbonyl (C=O) groups is 1. The van der Waals surface area contributed by atoms with Gasteiger partial charge in [0.15, 0.2) is 5.76 Å². The number of nitrogens with zero attached hydrogens (tertiary/aromatic N) is 3. The van der Waals surface area contributed by atoms with Gasteiger partial charge in [-0.2, -0.15) is 0 Å². The van der Waals surface area contributed by atoms with Crippen LogP contribution in [0.3, 0.4) is 0 Å². The predicted molar refractivity (Wildman–Crippen MR) is 93.1 cm³/mol. The minimum absolute atomic E-state index is 0.165. The van der Waals surface area contributed by atoms with Crippen LogP contribution >= 0.6 is 0 Å². The fourth-order valence-electron chi connectivity index (χ4n) is 2.56. The van der Waals surface area contributed by atoms with E-state index in [1.54, 1.807) is 49.1 Å². The third-order valence-corrected chi connectivity index (χ3v) is 3.89. The van der Waals surface area contributed by atoms with Crippen molar-refractivity contribution in [1.82, 2.24) is 20.0 Å². The van der Waals surface area contributed by atoms with Crippen molar-refractivity contribution in [2.75, 3.05) is 0 Å². The van der Waals surface area contributed by atoms with Crippen LogP contribution in [0.1, 0.15) is 21.6 Å². The van der Waals surface area contributed by atoms with Crippen LogP contribution in [-0.4, -0.2) is 20.6 Å². The lowest BCUT2D eigenvalue weighted by Gasteiger charge is -2.05. The van der Waals surface area contributed by atoms with E-state index in [1.165, 1.54) is 0 Å². The lowest BCUT2D eigenvalue weighted by molar-refractivity contribution is 0.0950. The van der Waals surface area contributed by atoms with E-state index < -0.39 is 0 Å². The van der Waals surface area contributed by atoms with Crippen LogP contribution in [0.5, 0.6) is 0 Å². The molecule has 0 fully saturated rings. The zero-order valence-electron chi connectivity index (χ0n) is 13.8. The van der Waals surface area contributed by atoms with E-state index in [9.17, 15) is 4.79 Å². The first-order valence-electron chi connectivity index (χ1n) is 8.10. The third kappa shape index (κ3) is 3.56. The first-order valence-corrected chi connectivity index (χ1v) is 8.10. The summed E-state index contributed by atoms with van der Waals surface area (Å²) < 4.78 is 12.4. The topological polar surface area (TPSA) is 86.1 Å². The monoisotopic (exact) mass is 348 g/mol. The highest BCUT2D eigenvalue weighted by atomic mass is 16.5. The van der Waals surface area contributed by atoms with E-state index in [0.29, 0.717) is 22.8 Å². The third-order valence-electron chi connectivity index (χ3n) is 3.89. The summed E-state index contributed by atoms with van der Waals surface area (Å²) in [7, 11) is 0. The largest absolute Gasteiger partial charge is 0.461 e. The summed E-state index contributed by atoms with van der Waals surface area (Å²) in [6.45, 7) is 0.996. The van der Waals surface area contributed by atoms with Crippen molar-refractivity contribution in [3.05, 3.63) is 84.3 Å². The number of benzene rings is 1. The zero-order chi connectivity index (χ0) is 17.8. The minimum Gasteiger partial charge on any atom is -0.461 e. The fraction of sp³-hybridized carbons (Fsp3) is 0.105. The molecule has 0 atom stereocenters. The highest BCUT2D eigenvalue weighted by Gasteiger charge is 2.11. The molecule has 7 nitrogen and oxygen atoms in total. The molecule has 0 saturated heterocycles. The molecule has 7 heteroatoms. The molecule has 0 aliphatic rings. The molecule has 0 radical (unpaired) electrons. The second-order valence-corrected chi connectivity index (χ2v) is 5.77. The Morgan fingerprint density at radius 2 is 2.04 bits per heavy atom. The molecule has 4 rings (SSSR count). The van der Waals surface area contributed by atoms with Crippen LogP contribution in [0, 0.1) is 0 Å². The summed E-state index contributed by atoms with van der Waals surface area (Å²) in [5.74, 6) is 0.966. The Labute approximate surface area is 149 Å². The Morgan fingerprint density at radius 1 is 1.15 bits per heavy atom. The molecule has 0 spiro atoms. The van der Waals surface area contributed by atoms with Crippen LogP contribution in [-0.2, 0) is 13.1 Å². The normalized spacial score (nSPS) is 10.8. The van der Waals surface area contributed by atoms with Crippen molar-refractivity contribution >= 4 is 5.91 Å². The second kappa shape index (κ2) is 7.10. The summed E-state index contributed by atoms with van der Waals surface area (Å²) >= 11 is 0. The van der Waals surface area contributed by atoms with Gasteiger partial charge in [0, 0.05) is 30.6 Å². The van der Waals surface area contributed by atoms with E-state index in [0.717, 1.165) is 12.1 Å². The van der Waals surface area contributed by atoms with Gasteiger partial charge in [0.1, 0.15) is 5.69 Å². The number of hydrogen-bond acceptors (Lipinski definition) is 5. The molecule has 0 aliphatic carbocycles. The molecule has 130 valence electrons. The first-order chi connectivity index (χ1) is 12.8. The van der Waals surface area contributed by atoms with Crippen LogP contribution in [0.15, 0.2) is 76.4 Å². The number of furan rings is 1. The lowest BCUT2D eigenvalue weighted by atomic mass is 10.1. The number of nitrogens with one attached hydrogen (secondary N) is 1. The SMILES string of the molecule is O=C(NCc1cc(-c2ccco2)on1)c1ccc(Cn2ccnc2)cc1. The maximum Gasteiger partial charge on any atom is 0.251 e. The molecule has 1 N–H and O–H groups in total. The molecule has 0 saturated carbocycles. The molecule has 1 aromatic carbocycles. The van der Waals surface area contributed by atoms with Gasteiger partial charge < -0.3 is 18.8 Å². The van der Waals surface area contributed by atoms with E-state index in [4.69, 9.17) is 8.94 Å². The van der Waals surface area contributed by atoms with Crippen LogP contribution in [0.2, 0.25) is 0 Å². The number of amides is 1. The number of hydrogen-bond donors (Lipinski definition) is 1. The van der Waals surface area contributed by atoms with Gasteiger partial charge in [0.25, 0.3) is 5.91 Å². The van der Waals surface area contributed by atoms with Gasteiger partial charge in [-0.1, -0.05) is 17.3 Å². The van der Waals surface area contributed by atoms with Gasteiger partial charge in [-0.15, -0.1) is 0 Å². The summed E-state index contributed by atoms with van der Waals surface area (Å²) in [6.07, 6.45) is 6.96. The zero-order valence-corrected chi connectivity index (χ0v) is 13.8. The van der Waals surface area contributed by atoms with Gasteiger partial charge in [-0.3, -0.25) is 4.79 Å². The van der Waals surface area contributed by atoms with Gasteiger partial charge in [0.2, 0.25) is 5.76 Å². The molecule has 0 aliphatic heterocycles. The molecule has 26 heavy (non-hydrogen) atoms. The van der Waals surface area contributed by atoms with E-state index >= 15 is 0 Å². The Balaban J connectivity index is 1.34. The van der Waals surface area contributed by atoms with Crippen molar-refractivity contribution in [2.45, 2.75) is 13.1 Å². The standard InChI is InChI=1S/C19H16N4O3/c24-19(15-5-3-14(4-6-15)12-23-8-7-20-13-23)21-11-16-10-18(26-22-16)17-2-1-9-25-17/h1-10,13H,11-12H2,(H,21,24). The number of imidazole rings is 1. The Hall–Kier alpha value is -3.61. The molecule has 0 bridgehead atoms. The van der Waals surface area contributed by atoms with Gasteiger partial charge in [-0.25, -0.2) is 4.98 Å². The van der Waals surface area contributed by atoms with Crippen LogP contribution in [0.4, 0.5) is 0 Å². The van der Waals surface area contributed by atoms with Crippen molar-refractivity contribution < 1.29 is 13.7 Å². The van der Waals surface area contributed by atoms with Crippen LogP contribution in [0.25, 0.3) is 11.5 Å². The maximum absolute atomic E-state index is 12.3. The maximum atomic E-state index is 12.3. The average Bonchev–Trinajstić information content (AvgIpc) is 3.41. The van der Waals surface area contributed by atoms with Gasteiger partial charge >= 0.3 is 0 Å². The van der Waals surface area contributed by atoms with Crippen molar-refractivity contribution in [2.24, 2.45) is 0 Å². The number of rotatable bonds is 6. The summed E-state index contributed by atoms with van der Waals surface area (Å²) in [5, 5.41) is 6.77. The molecular formula is C19H16N4O3. The van der Waals surface area contributed by atoms with E-state index in [-0.39, 0.29) is 12.5 Å². The quantitative estimate of drug-likeness (QED) is 0.578. The summed E-state index contributed by atoms with van der Waals surface area (Å²) in [5.41, 5.74) is 2.31. The number of aromatic nitrogens is 3. The predicted octanol–water partition coefficient (Wildman–Crippen LogP) is 3.11.